The molecule has 1 aliphatic rings. The van der Waals surface area contributed by atoms with Gasteiger partial charge in [0.2, 0.25) is 0 Å². The van der Waals surface area contributed by atoms with Crippen LogP contribution in [0.1, 0.15) is 40.0 Å². The minimum atomic E-state index is -0.780. The number of carboxylic acids is 1. The lowest BCUT2D eigenvalue weighted by molar-refractivity contribution is -0.138. The standard InChI is InChI=1S/C11H20O4/c1-11(2,3)6-10-14-7-8(15-10)4-5-9(12)13/h8,10H,4-7H2,1-3H3,(H,12,13). The van der Waals surface area contributed by atoms with Gasteiger partial charge in [-0.25, -0.2) is 0 Å². The highest BCUT2D eigenvalue weighted by atomic mass is 16.7. The lowest BCUT2D eigenvalue weighted by Gasteiger charge is -2.21. The summed E-state index contributed by atoms with van der Waals surface area (Å²) >= 11 is 0. The Labute approximate surface area is 90.6 Å². The average Bonchev–Trinajstić information content (AvgIpc) is 2.45. The van der Waals surface area contributed by atoms with E-state index in [0.29, 0.717) is 13.0 Å². The number of carboxylic acid groups (broad SMARTS) is 1. The van der Waals surface area contributed by atoms with Gasteiger partial charge in [0.1, 0.15) is 0 Å². The Bertz CT molecular complexity index is 219. The first-order valence-corrected chi connectivity index (χ1v) is 5.36. The van der Waals surface area contributed by atoms with Gasteiger partial charge in [-0.05, 0) is 11.8 Å². The van der Waals surface area contributed by atoms with Crippen molar-refractivity contribution in [2.24, 2.45) is 5.41 Å². The van der Waals surface area contributed by atoms with Crippen LogP contribution in [0.2, 0.25) is 0 Å². The SMILES string of the molecule is CC(C)(C)CC1OCC(CCC(=O)O)O1. The summed E-state index contributed by atoms with van der Waals surface area (Å²) in [5, 5.41) is 8.53. The third kappa shape index (κ3) is 5.14. The minimum Gasteiger partial charge on any atom is -0.481 e. The lowest BCUT2D eigenvalue weighted by atomic mass is 9.92. The van der Waals surface area contributed by atoms with E-state index in [-0.39, 0.29) is 24.2 Å². The Kier molecular flexibility index (Phi) is 4.11. The van der Waals surface area contributed by atoms with Crippen molar-refractivity contribution in [3.8, 4) is 0 Å². The van der Waals surface area contributed by atoms with Crippen LogP contribution in [0.5, 0.6) is 0 Å². The largest absolute Gasteiger partial charge is 0.481 e. The van der Waals surface area contributed by atoms with Gasteiger partial charge in [0, 0.05) is 12.8 Å². The smallest absolute Gasteiger partial charge is 0.303 e. The van der Waals surface area contributed by atoms with Crippen LogP contribution in [0.25, 0.3) is 0 Å². The molecule has 4 nitrogen and oxygen atoms in total. The fraction of sp³-hybridized carbons (Fsp3) is 0.909. The molecule has 4 heteroatoms. The van der Waals surface area contributed by atoms with Gasteiger partial charge in [0.05, 0.1) is 12.7 Å². The Balaban J connectivity index is 2.24. The van der Waals surface area contributed by atoms with Crippen molar-refractivity contribution in [2.45, 2.75) is 52.4 Å². The van der Waals surface area contributed by atoms with Crippen LogP contribution in [-0.2, 0) is 14.3 Å². The molecule has 0 aromatic carbocycles. The fourth-order valence-corrected chi connectivity index (χ4v) is 1.55. The fourth-order valence-electron chi connectivity index (χ4n) is 1.55. The molecular formula is C11H20O4. The van der Waals surface area contributed by atoms with Gasteiger partial charge in [-0.15, -0.1) is 0 Å². The van der Waals surface area contributed by atoms with Crippen LogP contribution in [0.15, 0.2) is 0 Å². The molecule has 0 spiro atoms. The molecule has 1 heterocycles. The molecule has 88 valence electrons. The normalized spacial score (nSPS) is 26.9. The lowest BCUT2D eigenvalue weighted by Crippen LogP contribution is -2.19. The molecule has 1 rings (SSSR count). The van der Waals surface area contributed by atoms with E-state index in [1.54, 1.807) is 0 Å². The van der Waals surface area contributed by atoms with E-state index < -0.39 is 5.97 Å². The molecule has 0 bridgehead atoms. The number of aliphatic carboxylic acids is 1. The molecule has 0 amide bonds. The maximum Gasteiger partial charge on any atom is 0.303 e. The molecule has 1 aliphatic heterocycles. The Hall–Kier alpha value is -0.610. The quantitative estimate of drug-likeness (QED) is 0.781. The van der Waals surface area contributed by atoms with E-state index in [2.05, 4.69) is 20.8 Å². The molecule has 2 unspecified atom stereocenters. The maximum atomic E-state index is 10.4. The second-order valence-electron chi connectivity index (χ2n) is 5.22. The van der Waals surface area contributed by atoms with Gasteiger partial charge in [0.25, 0.3) is 0 Å². The van der Waals surface area contributed by atoms with Crippen LogP contribution in [0.4, 0.5) is 0 Å². The van der Waals surface area contributed by atoms with Crippen molar-refractivity contribution >= 4 is 5.97 Å². The number of ether oxygens (including phenoxy) is 2. The van der Waals surface area contributed by atoms with Gasteiger partial charge < -0.3 is 14.6 Å². The molecule has 0 aromatic rings. The van der Waals surface area contributed by atoms with Gasteiger partial charge in [0.15, 0.2) is 6.29 Å². The van der Waals surface area contributed by atoms with Crippen molar-refractivity contribution in [2.75, 3.05) is 6.61 Å². The molecule has 15 heavy (non-hydrogen) atoms. The molecule has 1 saturated heterocycles. The molecule has 0 radical (unpaired) electrons. The highest BCUT2D eigenvalue weighted by molar-refractivity contribution is 5.66. The van der Waals surface area contributed by atoms with E-state index in [4.69, 9.17) is 14.6 Å². The van der Waals surface area contributed by atoms with Gasteiger partial charge in [-0.3, -0.25) is 4.79 Å². The van der Waals surface area contributed by atoms with E-state index in [1.165, 1.54) is 0 Å². The first kappa shape index (κ1) is 12.5. The molecule has 1 fully saturated rings. The van der Waals surface area contributed by atoms with Gasteiger partial charge >= 0.3 is 5.97 Å². The number of hydrogen-bond donors (Lipinski definition) is 1. The van der Waals surface area contributed by atoms with Crippen molar-refractivity contribution < 1.29 is 19.4 Å². The average molecular weight is 216 g/mol. The minimum absolute atomic E-state index is 0.0477. The van der Waals surface area contributed by atoms with Crippen molar-refractivity contribution in [3.05, 3.63) is 0 Å². The third-order valence-electron chi connectivity index (χ3n) is 2.27. The Morgan fingerprint density at radius 3 is 2.67 bits per heavy atom. The zero-order chi connectivity index (χ0) is 11.5. The summed E-state index contributed by atoms with van der Waals surface area (Å²) in [7, 11) is 0. The Morgan fingerprint density at radius 2 is 2.13 bits per heavy atom. The van der Waals surface area contributed by atoms with E-state index in [9.17, 15) is 4.79 Å². The summed E-state index contributed by atoms with van der Waals surface area (Å²) < 4.78 is 11.1. The monoisotopic (exact) mass is 216 g/mol. The molecular weight excluding hydrogens is 196 g/mol. The van der Waals surface area contributed by atoms with Crippen LogP contribution in [0.3, 0.4) is 0 Å². The number of rotatable bonds is 4. The zero-order valence-electron chi connectivity index (χ0n) is 9.66. The summed E-state index contributed by atoms with van der Waals surface area (Å²) in [4.78, 5) is 10.4. The zero-order valence-corrected chi connectivity index (χ0v) is 9.66. The predicted molar refractivity (Wildman–Crippen MR) is 55.6 cm³/mol. The van der Waals surface area contributed by atoms with Crippen molar-refractivity contribution in [3.63, 3.8) is 0 Å². The van der Waals surface area contributed by atoms with Crippen molar-refractivity contribution in [1.29, 1.82) is 0 Å². The summed E-state index contributed by atoms with van der Waals surface area (Å²) in [5.41, 5.74) is 0.173. The van der Waals surface area contributed by atoms with Gasteiger partial charge in [-0.1, -0.05) is 20.8 Å². The molecule has 0 aromatic heterocycles. The molecule has 0 saturated carbocycles. The number of carbonyl (C=O) groups is 1. The van der Waals surface area contributed by atoms with Crippen LogP contribution in [-0.4, -0.2) is 30.1 Å². The molecule has 1 N–H and O–H groups in total. The Morgan fingerprint density at radius 1 is 1.47 bits per heavy atom. The molecule has 2 atom stereocenters. The third-order valence-corrected chi connectivity index (χ3v) is 2.27. The highest BCUT2D eigenvalue weighted by Gasteiger charge is 2.29. The second-order valence-corrected chi connectivity index (χ2v) is 5.22. The first-order chi connectivity index (χ1) is 6.87. The van der Waals surface area contributed by atoms with Crippen LogP contribution < -0.4 is 0 Å². The predicted octanol–water partition coefficient (Wildman–Crippen LogP) is 2.03. The van der Waals surface area contributed by atoms with E-state index in [1.807, 2.05) is 0 Å². The van der Waals surface area contributed by atoms with Crippen molar-refractivity contribution in [1.82, 2.24) is 0 Å². The topological polar surface area (TPSA) is 55.8 Å². The summed E-state index contributed by atoms with van der Waals surface area (Å²) in [6, 6.07) is 0. The summed E-state index contributed by atoms with van der Waals surface area (Å²) in [6.07, 6.45) is 1.32. The number of hydrogen-bond acceptors (Lipinski definition) is 3. The summed E-state index contributed by atoms with van der Waals surface area (Å²) in [5.74, 6) is -0.780. The second kappa shape index (κ2) is 4.94. The first-order valence-electron chi connectivity index (χ1n) is 5.36. The van der Waals surface area contributed by atoms with E-state index >= 15 is 0 Å². The summed E-state index contributed by atoms with van der Waals surface area (Å²) in [6.45, 7) is 6.91. The highest BCUT2D eigenvalue weighted by Crippen LogP contribution is 2.27. The van der Waals surface area contributed by atoms with Crippen LogP contribution >= 0.6 is 0 Å². The maximum absolute atomic E-state index is 10.4. The molecule has 0 aliphatic carbocycles. The van der Waals surface area contributed by atoms with Gasteiger partial charge in [-0.2, -0.15) is 0 Å². The van der Waals surface area contributed by atoms with Crippen LogP contribution in [0, 0.1) is 5.41 Å². The van der Waals surface area contributed by atoms with E-state index in [0.717, 1.165) is 6.42 Å².